The van der Waals surface area contributed by atoms with Gasteiger partial charge in [-0.1, -0.05) is 68.2 Å². The largest absolute Gasteiger partial charge is 0.346 e. The molecule has 0 N–H and O–H groups in total. The number of hydrogen-bond acceptors (Lipinski definition) is 3. The van der Waals surface area contributed by atoms with Crippen molar-refractivity contribution in [3.63, 3.8) is 0 Å². The molecule has 4 rings (SSSR count). The highest BCUT2D eigenvalue weighted by molar-refractivity contribution is 9.10. The minimum Gasteiger partial charge on any atom is -0.346 e. The summed E-state index contributed by atoms with van der Waals surface area (Å²) in [5.74, 6) is 0.696. The van der Waals surface area contributed by atoms with E-state index in [0.29, 0.717) is 23.1 Å². The van der Waals surface area contributed by atoms with Gasteiger partial charge < -0.3 is 4.57 Å². The molecule has 0 aliphatic heterocycles. The Balaban J connectivity index is 1.84. The van der Waals surface area contributed by atoms with Gasteiger partial charge in [-0.3, -0.25) is 4.79 Å². The molecule has 166 valence electrons. The molecule has 6 heteroatoms. The van der Waals surface area contributed by atoms with E-state index in [9.17, 15) is 4.79 Å². The van der Waals surface area contributed by atoms with E-state index in [2.05, 4.69) is 77.7 Å². The van der Waals surface area contributed by atoms with E-state index in [0.717, 1.165) is 34.8 Å². The van der Waals surface area contributed by atoms with Gasteiger partial charge >= 0.3 is 0 Å². The van der Waals surface area contributed by atoms with E-state index < -0.39 is 0 Å². The second kappa shape index (κ2) is 9.02. The Bertz CT molecular complexity index is 1360. The molecular formula is C26H29BrN4O. The van der Waals surface area contributed by atoms with Crippen LogP contribution in [-0.4, -0.2) is 20.4 Å². The molecule has 0 saturated heterocycles. The van der Waals surface area contributed by atoms with Crippen LogP contribution in [0.1, 0.15) is 51.9 Å². The second-order valence-electron chi connectivity index (χ2n) is 9.44. The van der Waals surface area contributed by atoms with Crippen molar-refractivity contribution in [3.05, 3.63) is 74.9 Å². The minimum atomic E-state index is -0.142. The van der Waals surface area contributed by atoms with Crippen LogP contribution in [0.4, 0.5) is 0 Å². The fraction of sp³-hybridized carbons (Fsp3) is 0.346. The summed E-state index contributed by atoms with van der Waals surface area (Å²) < 4.78 is 4.60. The summed E-state index contributed by atoms with van der Waals surface area (Å²) in [4.78, 5) is 18.1. The van der Waals surface area contributed by atoms with Crippen molar-refractivity contribution in [2.24, 2.45) is 10.5 Å². The Morgan fingerprint density at radius 2 is 1.91 bits per heavy atom. The number of para-hydroxylation sites is 1. The van der Waals surface area contributed by atoms with E-state index in [1.54, 1.807) is 6.21 Å². The average molecular weight is 493 g/mol. The van der Waals surface area contributed by atoms with Crippen LogP contribution in [-0.2, 0) is 13.0 Å². The van der Waals surface area contributed by atoms with Gasteiger partial charge in [0.1, 0.15) is 5.82 Å². The van der Waals surface area contributed by atoms with Crippen LogP contribution in [0.2, 0.25) is 0 Å². The lowest BCUT2D eigenvalue weighted by molar-refractivity contribution is 0.349. The number of nitrogens with zero attached hydrogens (tertiary/aromatic N) is 4. The van der Waals surface area contributed by atoms with Crippen molar-refractivity contribution in [1.82, 2.24) is 14.2 Å². The van der Waals surface area contributed by atoms with Crippen molar-refractivity contribution < 1.29 is 0 Å². The predicted octanol–water partition coefficient (Wildman–Crippen LogP) is 6.38. The average Bonchev–Trinajstić information content (AvgIpc) is 3.08. The molecule has 0 atom stereocenters. The highest BCUT2D eigenvalue weighted by Crippen LogP contribution is 2.25. The zero-order valence-electron chi connectivity index (χ0n) is 19.1. The molecule has 0 spiro atoms. The lowest BCUT2D eigenvalue weighted by atomic mass is 9.97. The maximum absolute atomic E-state index is 13.3. The predicted molar refractivity (Wildman–Crippen MR) is 137 cm³/mol. The first-order valence-electron chi connectivity index (χ1n) is 11.1. The normalized spacial score (nSPS) is 12.4. The van der Waals surface area contributed by atoms with Crippen molar-refractivity contribution in [1.29, 1.82) is 0 Å². The minimum absolute atomic E-state index is 0.142. The molecule has 0 aliphatic rings. The molecule has 0 unspecified atom stereocenters. The van der Waals surface area contributed by atoms with Gasteiger partial charge in [0.2, 0.25) is 0 Å². The first-order valence-corrected chi connectivity index (χ1v) is 11.9. The third-order valence-electron chi connectivity index (χ3n) is 5.41. The molecular weight excluding hydrogens is 464 g/mol. The standard InChI is InChI=1S/C26H29BrN4O/c1-5-6-11-24-29-22-13-12-19(27)14-21(22)25(32)31(24)28-15-18-16-30(17-26(2,3)4)23-10-8-7-9-20(18)23/h7-10,12-16H,5-6,11,17H2,1-4H3. The maximum Gasteiger partial charge on any atom is 0.282 e. The number of aryl methyl sites for hydroxylation is 1. The number of rotatable bonds is 6. The number of aromatic nitrogens is 3. The molecule has 0 aliphatic carbocycles. The summed E-state index contributed by atoms with van der Waals surface area (Å²) in [7, 11) is 0. The van der Waals surface area contributed by atoms with Gasteiger partial charge in [0.05, 0.1) is 17.1 Å². The second-order valence-corrected chi connectivity index (χ2v) is 10.4. The number of halogens is 1. The quantitative estimate of drug-likeness (QED) is 0.293. The van der Waals surface area contributed by atoms with E-state index in [4.69, 9.17) is 4.98 Å². The van der Waals surface area contributed by atoms with Crippen LogP contribution < -0.4 is 5.56 Å². The van der Waals surface area contributed by atoms with Gasteiger partial charge in [0.15, 0.2) is 0 Å². The van der Waals surface area contributed by atoms with Gasteiger partial charge in [-0.25, -0.2) is 4.98 Å². The highest BCUT2D eigenvalue weighted by atomic mass is 79.9. The Labute approximate surface area is 196 Å². The summed E-state index contributed by atoms with van der Waals surface area (Å²) in [6.07, 6.45) is 6.61. The first-order chi connectivity index (χ1) is 15.3. The van der Waals surface area contributed by atoms with Gasteiger partial charge in [0, 0.05) is 40.1 Å². The van der Waals surface area contributed by atoms with E-state index >= 15 is 0 Å². The highest BCUT2D eigenvalue weighted by Gasteiger charge is 2.15. The number of fused-ring (bicyclic) bond motifs is 2. The Morgan fingerprint density at radius 1 is 1.12 bits per heavy atom. The monoisotopic (exact) mass is 492 g/mol. The van der Waals surface area contributed by atoms with Gasteiger partial charge in [-0.2, -0.15) is 9.78 Å². The van der Waals surface area contributed by atoms with Crippen molar-refractivity contribution in [2.75, 3.05) is 0 Å². The topological polar surface area (TPSA) is 52.2 Å². The third-order valence-corrected chi connectivity index (χ3v) is 5.90. The van der Waals surface area contributed by atoms with Crippen LogP contribution in [0, 0.1) is 5.41 Å². The Hall–Kier alpha value is -2.73. The third kappa shape index (κ3) is 4.70. The van der Waals surface area contributed by atoms with Crippen molar-refractivity contribution in [3.8, 4) is 0 Å². The van der Waals surface area contributed by atoms with Crippen LogP contribution in [0.25, 0.3) is 21.8 Å². The molecule has 0 amide bonds. The summed E-state index contributed by atoms with van der Waals surface area (Å²) in [6.45, 7) is 9.72. The summed E-state index contributed by atoms with van der Waals surface area (Å²) in [5.41, 5.74) is 2.88. The van der Waals surface area contributed by atoms with Gasteiger partial charge in [0.25, 0.3) is 5.56 Å². The number of benzene rings is 2. The van der Waals surface area contributed by atoms with Crippen LogP contribution in [0.5, 0.6) is 0 Å². The smallest absolute Gasteiger partial charge is 0.282 e. The lowest BCUT2D eigenvalue weighted by Gasteiger charge is -2.19. The molecule has 2 aromatic heterocycles. The molecule has 32 heavy (non-hydrogen) atoms. The van der Waals surface area contributed by atoms with E-state index in [1.807, 2.05) is 24.3 Å². The first kappa shape index (κ1) is 22.5. The van der Waals surface area contributed by atoms with Gasteiger partial charge in [-0.05, 0) is 36.1 Å². The zero-order chi connectivity index (χ0) is 22.9. The molecule has 2 heterocycles. The molecule has 4 aromatic rings. The summed E-state index contributed by atoms with van der Waals surface area (Å²) >= 11 is 3.46. The lowest BCUT2D eigenvalue weighted by Crippen LogP contribution is -2.22. The fourth-order valence-corrected chi connectivity index (χ4v) is 4.31. The van der Waals surface area contributed by atoms with Crippen molar-refractivity contribution >= 4 is 44.0 Å². The summed E-state index contributed by atoms with van der Waals surface area (Å²) in [6, 6.07) is 13.9. The molecule has 5 nitrogen and oxygen atoms in total. The Morgan fingerprint density at radius 3 is 2.66 bits per heavy atom. The fourth-order valence-electron chi connectivity index (χ4n) is 3.95. The molecule has 0 bridgehead atoms. The van der Waals surface area contributed by atoms with Crippen molar-refractivity contribution in [2.45, 2.75) is 53.5 Å². The molecule has 2 aromatic carbocycles. The number of hydrogen-bond donors (Lipinski definition) is 0. The van der Waals surface area contributed by atoms with Gasteiger partial charge in [-0.15, -0.1) is 0 Å². The van der Waals surface area contributed by atoms with E-state index in [-0.39, 0.29) is 11.0 Å². The molecule has 0 saturated carbocycles. The van der Waals surface area contributed by atoms with Crippen LogP contribution >= 0.6 is 15.9 Å². The molecule has 0 radical (unpaired) electrons. The zero-order valence-corrected chi connectivity index (χ0v) is 20.7. The summed E-state index contributed by atoms with van der Waals surface area (Å²) in [5, 5.41) is 6.34. The van der Waals surface area contributed by atoms with E-state index in [1.165, 1.54) is 10.2 Å². The molecule has 0 fully saturated rings. The SMILES string of the molecule is CCCCc1nc2ccc(Br)cc2c(=O)n1N=Cc1cn(CC(C)(C)C)c2ccccc12. The van der Waals surface area contributed by atoms with Crippen LogP contribution in [0.3, 0.4) is 0 Å². The number of unbranched alkanes of at least 4 members (excludes halogenated alkanes) is 1. The maximum atomic E-state index is 13.3. The Kier molecular flexibility index (Phi) is 6.33. The van der Waals surface area contributed by atoms with Crippen LogP contribution in [0.15, 0.2) is 63.0 Å².